The van der Waals surface area contributed by atoms with Gasteiger partial charge in [-0.15, -0.1) is 0 Å². The Bertz CT molecular complexity index is 784. The average molecular weight is 355 g/mol. The second kappa shape index (κ2) is 8.17. The normalized spacial score (nSPS) is 16.8. The molecule has 1 aliphatic heterocycles. The maximum absolute atomic E-state index is 12.4. The fourth-order valence-corrected chi connectivity index (χ4v) is 3.59. The Kier molecular flexibility index (Phi) is 5.71. The molecule has 2 heterocycles. The van der Waals surface area contributed by atoms with Gasteiger partial charge in [0.25, 0.3) is 0 Å². The first kappa shape index (κ1) is 18.2. The van der Waals surface area contributed by atoms with Crippen LogP contribution < -0.4 is 0 Å². The summed E-state index contributed by atoms with van der Waals surface area (Å²) in [5.41, 5.74) is 1.35. The Labute approximate surface area is 153 Å². The number of likely N-dealkylation sites (tertiary alicyclic amines) is 1. The van der Waals surface area contributed by atoms with Crippen molar-refractivity contribution in [2.45, 2.75) is 39.2 Å². The predicted octanol–water partition coefficient (Wildman–Crippen LogP) is 2.76. The van der Waals surface area contributed by atoms with Crippen LogP contribution >= 0.6 is 0 Å². The van der Waals surface area contributed by atoms with Gasteiger partial charge in [-0.25, -0.2) is 9.78 Å². The van der Waals surface area contributed by atoms with E-state index in [1.807, 2.05) is 24.1 Å². The zero-order chi connectivity index (χ0) is 18.5. The first-order valence-electron chi connectivity index (χ1n) is 9.10. The van der Waals surface area contributed by atoms with Gasteiger partial charge < -0.3 is 14.6 Å². The summed E-state index contributed by atoms with van der Waals surface area (Å²) in [6.45, 7) is 4.34. The largest absolute Gasteiger partial charge is 0.478 e. The van der Waals surface area contributed by atoms with E-state index < -0.39 is 5.97 Å². The number of carboxylic acid groups (broad SMARTS) is 1. The quantitative estimate of drug-likeness (QED) is 0.829. The van der Waals surface area contributed by atoms with Crippen molar-refractivity contribution in [3.8, 4) is 0 Å². The van der Waals surface area contributed by atoms with Crippen LogP contribution in [0.2, 0.25) is 0 Å². The molecular weight excluding hydrogens is 330 g/mol. The average Bonchev–Trinajstić information content (AvgIpc) is 3.24. The Hall–Kier alpha value is -2.63. The molecule has 6 nitrogen and oxygen atoms in total. The molecule has 138 valence electrons. The summed E-state index contributed by atoms with van der Waals surface area (Å²) in [5.74, 6) is 0.689. The van der Waals surface area contributed by atoms with E-state index >= 15 is 0 Å². The molecule has 1 aliphatic rings. The molecule has 0 bridgehead atoms. The van der Waals surface area contributed by atoms with Crippen molar-refractivity contribution in [1.82, 2.24) is 14.5 Å². The summed E-state index contributed by atoms with van der Waals surface area (Å²) in [5, 5.41) is 9.09. The fraction of sp³-hybridized carbons (Fsp3) is 0.450. The third-order valence-corrected chi connectivity index (χ3v) is 5.05. The molecule has 0 radical (unpaired) electrons. The highest BCUT2D eigenvalue weighted by Gasteiger charge is 2.26. The molecule has 6 heteroatoms. The van der Waals surface area contributed by atoms with Crippen molar-refractivity contribution >= 4 is 11.9 Å². The number of hydrogen-bond donors (Lipinski definition) is 1. The predicted molar refractivity (Wildman–Crippen MR) is 98.0 cm³/mol. The van der Waals surface area contributed by atoms with E-state index in [4.69, 9.17) is 5.11 Å². The Morgan fingerprint density at radius 3 is 2.92 bits per heavy atom. The summed E-state index contributed by atoms with van der Waals surface area (Å²) < 4.78 is 2.06. The Morgan fingerprint density at radius 2 is 2.19 bits per heavy atom. The van der Waals surface area contributed by atoms with E-state index in [1.54, 1.807) is 24.4 Å². The first-order valence-corrected chi connectivity index (χ1v) is 9.10. The first-order chi connectivity index (χ1) is 12.5. The second-order valence-corrected chi connectivity index (χ2v) is 6.98. The summed E-state index contributed by atoms with van der Waals surface area (Å²) in [6, 6.07) is 7.09. The smallest absolute Gasteiger partial charge is 0.335 e. The standard InChI is InChI=1S/C20H25N3O3/c1-15-21-8-11-22(15)9-3-6-19(24)23-10-7-17(14-23)12-16-4-2-5-18(13-16)20(25)26/h2,4-5,8,11,13,17H,3,6-7,9-10,12,14H2,1H3,(H,25,26)/t17-/m1/s1. The minimum Gasteiger partial charge on any atom is -0.478 e. The lowest BCUT2D eigenvalue weighted by Gasteiger charge is -2.17. The van der Waals surface area contributed by atoms with Gasteiger partial charge >= 0.3 is 5.97 Å². The monoisotopic (exact) mass is 355 g/mol. The molecule has 26 heavy (non-hydrogen) atoms. The number of rotatable bonds is 7. The molecule has 1 aromatic carbocycles. The van der Waals surface area contributed by atoms with Gasteiger partial charge in [-0.3, -0.25) is 4.79 Å². The molecule has 1 atom stereocenters. The number of aromatic carboxylic acids is 1. The van der Waals surface area contributed by atoms with Gasteiger partial charge in [-0.1, -0.05) is 12.1 Å². The summed E-state index contributed by atoms with van der Waals surface area (Å²) in [6.07, 6.45) is 6.89. The molecule has 1 fully saturated rings. The molecule has 0 saturated carbocycles. The van der Waals surface area contributed by atoms with Gasteiger partial charge in [0.05, 0.1) is 5.56 Å². The molecule has 2 aromatic rings. The third-order valence-electron chi connectivity index (χ3n) is 5.05. The minimum atomic E-state index is -0.900. The van der Waals surface area contributed by atoms with Crippen LogP contribution in [0.25, 0.3) is 0 Å². The molecule has 1 saturated heterocycles. The van der Waals surface area contributed by atoms with Gasteiger partial charge in [0, 0.05) is 38.4 Å². The molecule has 3 rings (SSSR count). The number of amides is 1. The van der Waals surface area contributed by atoms with E-state index in [9.17, 15) is 9.59 Å². The zero-order valence-electron chi connectivity index (χ0n) is 15.1. The molecule has 0 spiro atoms. The Balaban J connectivity index is 1.45. The summed E-state index contributed by atoms with van der Waals surface area (Å²) >= 11 is 0. The van der Waals surface area contributed by atoms with E-state index in [0.29, 0.717) is 17.9 Å². The lowest BCUT2D eigenvalue weighted by atomic mass is 9.97. The number of aromatic nitrogens is 2. The van der Waals surface area contributed by atoms with Crippen LogP contribution in [-0.4, -0.2) is 44.5 Å². The zero-order valence-corrected chi connectivity index (χ0v) is 15.1. The van der Waals surface area contributed by atoms with Crippen molar-refractivity contribution in [2.24, 2.45) is 5.92 Å². The number of carbonyl (C=O) groups excluding carboxylic acids is 1. The Morgan fingerprint density at radius 1 is 1.35 bits per heavy atom. The lowest BCUT2D eigenvalue weighted by molar-refractivity contribution is -0.130. The lowest BCUT2D eigenvalue weighted by Crippen LogP contribution is -2.29. The second-order valence-electron chi connectivity index (χ2n) is 6.98. The van der Waals surface area contributed by atoms with Crippen molar-refractivity contribution < 1.29 is 14.7 Å². The summed E-state index contributed by atoms with van der Waals surface area (Å²) in [7, 11) is 0. The van der Waals surface area contributed by atoms with Gasteiger partial charge in [0.2, 0.25) is 5.91 Å². The molecule has 0 unspecified atom stereocenters. The highest BCUT2D eigenvalue weighted by molar-refractivity contribution is 5.87. The topological polar surface area (TPSA) is 75.4 Å². The number of aryl methyl sites for hydroxylation is 2. The molecule has 1 amide bonds. The van der Waals surface area contributed by atoms with Crippen LogP contribution in [0.5, 0.6) is 0 Å². The van der Waals surface area contributed by atoms with Crippen LogP contribution in [-0.2, 0) is 17.8 Å². The van der Waals surface area contributed by atoms with Crippen molar-refractivity contribution in [2.75, 3.05) is 13.1 Å². The number of benzene rings is 1. The number of carbonyl (C=O) groups is 2. The van der Waals surface area contributed by atoms with Crippen LogP contribution in [0.4, 0.5) is 0 Å². The molecular formula is C20H25N3O3. The van der Waals surface area contributed by atoms with E-state index in [0.717, 1.165) is 50.3 Å². The van der Waals surface area contributed by atoms with Gasteiger partial charge in [0.15, 0.2) is 0 Å². The van der Waals surface area contributed by atoms with Crippen molar-refractivity contribution in [3.05, 3.63) is 53.6 Å². The van der Waals surface area contributed by atoms with Gasteiger partial charge in [0.1, 0.15) is 5.82 Å². The van der Waals surface area contributed by atoms with E-state index in [2.05, 4.69) is 9.55 Å². The van der Waals surface area contributed by atoms with Crippen molar-refractivity contribution in [1.29, 1.82) is 0 Å². The van der Waals surface area contributed by atoms with E-state index in [1.165, 1.54) is 0 Å². The fourth-order valence-electron chi connectivity index (χ4n) is 3.59. The number of imidazole rings is 1. The highest BCUT2D eigenvalue weighted by Crippen LogP contribution is 2.22. The van der Waals surface area contributed by atoms with Crippen LogP contribution in [0.1, 0.15) is 41.0 Å². The third kappa shape index (κ3) is 4.50. The molecule has 1 aromatic heterocycles. The molecule has 0 aliphatic carbocycles. The van der Waals surface area contributed by atoms with Crippen molar-refractivity contribution in [3.63, 3.8) is 0 Å². The van der Waals surface area contributed by atoms with Crippen LogP contribution in [0.15, 0.2) is 36.7 Å². The van der Waals surface area contributed by atoms with E-state index in [-0.39, 0.29) is 5.91 Å². The van der Waals surface area contributed by atoms with Crippen LogP contribution in [0, 0.1) is 12.8 Å². The number of hydrogen-bond acceptors (Lipinski definition) is 3. The van der Waals surface area contributed by atoms with Crippen LogP contribution in [0.3, 0.4) is 0 Å². The van der Waals surface area contributed by atoms with Gasteiger partial charge in [-0.05, 0) is 49.8 Å². The number of carboxylic acids is 1. The summed E-state index contributed by atoms with van der Waals surface area (Å²) in [4.78, 5) is 29.6. The maximum Gasteiger partial charge on any atom is 0.335 e. The minimum absolute atomic E-state index is 0.213. The molecule has 1 N–H and O–H groups in total. The number of nitrogens with zero attached hydrogens (tertiary/aromatic N) is 3. The maximum atomic E-state index is 12.4. The highest BCUT2D eigenvalue weighted by atomic mass is 16.4. The van der Waals surface area contributed by atoms with Gasteiger partial charge in [-0.2, -0.15) is 0 Å². The SMILES string of the molecule is Cc1nccn1CCCC(=O)N1CC[C@H](Cc2cccc(C(=O)O)c2)C1.